The molecule has 113 valence electrons. The van der Waals surface area contributed by atoms with Gasteiger partial charge in [0.15, 0.2) is 0 Å². The van der Waals surface area contributed by atoms with Crippen LogP contribution in [-0.4, -0.2) is 34.8 Å². The molecule has 1 atom stereocenters. The SMILES string of the molecule is Cc1cc(O)cc(C)c1C[C@H](N)C(=O)N1CCC[C]1C=O. The number of hydrogen-bond donors (Lipinski definition) is 2. The lowest BCUT2D eigenvalue weighted by atomic mass is 9.95. The van der Waals surface area contributed by atoms with E-state index in [0.717, 1.165) is 29.4 Å². The number of aryl methyl sites for hydroxylation is 2. The normalized spacial score (nSPS) is 17.0. The van der Waals surface area contributed by atoms with Crippen molar-refractivity contribution < 1.29 is 14.7 Å². The Morgan fingerprint density at radius 2 is 2.05 bits per heavy atom. The first-order valence-corrected chi connectivity index (χ1v) is 7.11. The Kier molecular flexibility index (Phi) is 4.63. The molecule has 5 nitrogen and oxygen atoms in total. The Bertz CT molecular complexity index is 533. The van der Waals surface area contributed by atoms with Crippen LogP contribution in [0.15, 0.2) is 12.1 Å². The van der Waals surface area contributed by atoms with Crippen molar-refractivity contribution in [2.75, 3.05) is 6.54 Å². The lowest BCUT2D eigenvalue weighted by Gasteiger charge is -2.24. The zero-order chi connectivity index (χ0) is 15.6. The highest BCUT2D eigenvalue weighted by atomic mass is 16.3. The quantitative estimate of drug-likeness (QED) is 0.817. The first-order chi connectivity index (χ1) is 9.93. The minimum absolute atomic E-state index is 0.207. The molecule has 2 rings (SSSR count). The summed E-state index contributed by atoms with van der Waals surface area (Å²) in [7, 11) is 0. The summed E-state index contributed by atoms with van der Waals surface area (Å²) < 4.78 is 0. The molecular formula is C16H21N2O3. The molecule has 0 bridgehead atoms. The lowest BCUT2D eigenvalue weighted by Crippen LogP contribution is -2.45. The van der Waals surface area contributed by atoms with Crippen LogP contribution in [0.3, 0.4) is 0 Å². The average Bonchev–Trinajstić information content (AvgIpc) is 2.89. The lowest BCUT2D eigenvalue weighted by molar-refractivity contribution is -0.132. The average molecular weight is 289 g/mol. The van der Waals surface area contributed by atoms with Crippen molar-refractivity contribution in [2.45, 2.75) is 39.2 Å². The van der Waals surface area contributed by atoms with Gasteiger partial charge in [0.1, 0.15) is 18.1 Å². The van der Waals surface area contributed by atoms with E-state index in [2.05, 4.69) is 0 Å². The van der Waals surface area contributed by atoms with E-state index in [1.165, 1.54) is 4.90 Å². The van der Waals surface area contributed by atoms with Gasteiger partial charge in [0.2, 0.25) is 5.91 Å². The van der Waals surface area contributed by atoms with Crippen molar-refractivity contribution in [3.8, 4) is 5.75 Å². The maximum absolute atomic E-state index is 12.4. The molecule has 0 aliphatic carbocycles. The Labute approximate surface area is 124 Å². The monoisotopic (exact) mass is 289 g/mol. The first kappa shape index (κ1) is 15.5. The molecule has 3 N–H and O–H groups in total. The molecule has 1 aromatic carbocycles. The van der Waals surface area contributed by atoms with Crippen LogP contribution in [0.5, 0.6) is 5.75 Å². The van der Waals surface area contributed by atoms with Gasteiger partial charge in [-0.25, -0.2) is 0 Å². The summed E-state index contributed by atoms with van der Waals surface area (Å²) in [6.07, 6.45) is 2.59. The molecule has 1 fully saturated rings. The van der Waals surface area contributed by atoms with Crippen LogP contribution in [0, 0.1) is 19.9 Å². The maximum Gasteiger partial charge on any atom is 0.240 e. The number of carbonyl (C=O) groups is 2. The van der Waals surface area contributed by atoms with Gasteiger partial charge >= 0.3 is 0 Å². The van der Waals surface area contributed by atoms with Crippen LogP contribution in [0.1, 0.15) is 29.5 Å². The number of aldehydes is 1. The number of nitrogens with two attached hydrogens (primary N) is 1. The Hall–Kier alpha value is -1.88. The molecule has 1 aromatic rings. The second kappa shape index (κ2) is 6.26. The molecule has 0 aromatic heterocycles. The van der Waals surface area contributed by atoms with Crippen LogP contribution in [-0.2, 0) is 16.0 Å². The van der Waals surface area contributed by atoms with E-state index in [0.29, 0.717) is 25.4 Å². The minimum Gasteiger partial charge on any atom is -0.508 e. The largest absolute Gasteiger partial charge is 0.508 e. The zero-order valence-corrected chi connectivity index (χ0v) is 12.4. The summed E-state index contributed by atoms with van der Waals surface area (Å²) in [6.45, 7) is 4.34. The molecule has 1 amide bonds. The maximum atomic E-state index is 12.4. The molecule has 1 aliphatic heterocycles. The van der Waals surface area contributed by atoms with Crippen LogP contribution >= 0.6 is 0 Å². The smallest absolute Gasteiger partial charge is 0.240 e. The second-order valence-corrected chi connectivity index (χ2v) is 5.57. The highest BCUT2D eigenvalue weighted by Gasteiger charge is 2.32. The van der Waals surface area contributed by atoms with Gasteiger partial charge in [-0.3, -0.25) is 4.79 Å². The molecule has 1 heterocycles. The number of amides is 1. The first-order valence-electron chi connectivity index (χ1n) is 7.11. The van der Waals surface area contributed by atoms with Crippen LogP contribution in [0.4, 0.5) is 0 Å². The van der Waals surface area contributed by atoms with Crippen molar-refractivity contribution >= 4 is 12.2 Å². The van der Waals surface area contributed by atoms with Crippen LogP contribution < -0.4 is 5.73 Å². The third kappa shape index (κ3) is 3.24. The van der Waals surface area contributed by atoms with Gasteiger partial charge in [0, 0.05) is 6.54 Å². The fourth-order valence-electron chi connectivity index (χ4n) is 2.87. The van der Waals surface area contributed by atoms with Crippen molar-refractivity contribution in [1.82, 2.24) is 4.90 Å². The zero-order valence-electron chi connectivity index (χ0n) is 12.4. The highest BCUT2D eigenvalue weighted by Crippen LogP contribution is 2.25. The van der Waals surface area contributed by atoms with E-state index in [9.17, 15) is 14.7 Å². The third-order valence-electron chi connectivity index (χ3n) is 3.99. The Morgan fingerprint density at radius 3 is 2.62 bits per heavy atom. The van der Waals surface area contributed by atoms with Crippen molar-refractivity contribution in [3.63, 3.8) is 0 Å². The summed E-state index contributed by atoms with van der Waals surface area (Å²) >= 11 is 0. The number of rotatable bonds is 4. The third-order valence-corrected chi connectivity index (χ3v) is 3.99. The number of carbonyl (C=O) groups excluding carboxylic acids is 2. The van der Waals surface area contributed by atoms with Gasteiger partial charge in [0.05, 0.1) is 6.04 Å². The van der Waals surface area contributed by atoms with Crippen molar-refractivity contribution in [3.05, 3.63) is 34.9 Å². The molecule has 1 aliphatic rings. The fraction of sp³-hybridized carbons (Fsp3) is 0.438. The minimum atomic E-state index is -0.681. The standard InChI is InChI=1S/C16H21N2O3/c1-10-6-13(20)7-11(2)14(10)8-15(17)16(21)18-5-3-4-12(18)9-19/h6-7,9,15,20H,3-5,8,17H2,1-2H3/t15-/m0/s1. The molecule has 0 saturated carbocycles. The van der Waals surface area contributed by atoms with Gasteiger partial charge in [0.25, 0.3) is 0 Å². The summed E-state index contributed by atoms with van der Waals surface area (Å²) in [4.78, 5) is 24.8. The summed E-state index contributed by atoms with van der Waals surface area (Å²) in [6, 6.07) is 3.17. The predicted molar refractivity (Wildman–Crippen MR) is 79.5 cm³/mol. The predicted octanol–water partition coefficient (Wildman–Crippen LogP) is 1.23. The Balaban J connectivity index is 2.13. The van der Waals surface area contributed by atoms with Gasteiger partial charge in [-0.05, 0) is 61.9 Å². The fourth-order valence-corrected chi connectivity index (χ4v) is 2.87. The van der Waals surface area contributed by atoms with E-state index < -0.39 is 6.04 Å². The van der Waals surface area contributed by atoms with Crippen LogP contribution in [0.25, 0.3) is 0 Å². The van der Waals surface area contributed by atoms with E-state index in [-0.39, 0.29) is 11.7 Å². The molecule has 1 radical (unpaired) electrons. The summed E-state index contributed by atoms with van der Waals surface area (Å²) in [5, 5.41) is 9.55. The number of nitrogens with zero attached hydrogens (tertiary/aromatic N) is 1. The highest BCUT2D eigenvalue weighted by molar-refractivity contribution is 5.88. The molecule has 21 heavy (non-hydrogen) atoms. The molecular weight excluding hydrogens is 268 g/mol. The van der Waals surface area contributed by atoms with Gasteiger partial charge in [-0.1, -0.05) is 0 Å². The number of phenols is 1. The number of hydrogen-bond acceptors (Lipinski definition) is 4. The van der Waals surface area contributed by atoms with Gasteiger partial charge < -0.3 is 20.5 Å². The number of benzene rings is 1. The second-order valence-electron chi connectivity index (χ2n) is 5.57. The van der Waals surface area contributed by atoms with E-state index in [1.54, 1.807) is 12.1 Å². The van der Waals surface area contributed by atoms with E-state index in [1.807, 2.05) is 13.8 Å². The van der Waals surface area contributed by atoms with Gasteiger partial charge in [-0.15, -0.1) is 0 Å². The van der Waals surface area contributed by atoms with Gasteiger partial charge in [-0.2, -0.15) is 0 Å². The molecule has 1 saturated heterocycles. The number of aromatic hydroxyl groups is 1. The molecule has 0 unspecified atom stereocenters. The van der Waals surface area contributed by atoms with E-state index in [4.69, 9.17) is 5.73 Å². The summed E-state index contributed by atoms with van der Waals surface area (Å²) in [5.74, 6) is 0.00578. The number of likely N-dealkylation sites (tertiary alicyclic amines) is 1. The molecule has 5 heteroatoms. The number of phenolic OH excluding ortho intramolecular Hbond substituents is 1. The summed E-state index contributed by atoms with van der Waals surface area (Å²) in [5.41, 5.74) is 8.84. The molecule has 0 spiro atoms. The van der Waals surface area contributed by atoms with Crippen LogP contribution in [0.2, 0.25) is 0 Å². The Morgan fingerprint density at radius 1 is 1.43 bits per heavy atom. The topological polar surface area (TPSA) is 83.6 Å². The van der Waals surface area contributed by atoms with Crippen molar-refractivity contribution in [2.24, 2.45) is 5.73 Å². The van der Waals surface area contributed by atoms with Crippen molar-refractivity contribution in [1.29, 1.82) is 0 Å². The van der Waals surface area contributed by atoms with E-state index >= 15 is 0 Å².